The van der Waals surface area contributed by atoms with Gasteiger partial charge in [-0.25, -0.2) is 4.98 Å². The van der Waals surface area contributed by atoms with Crippen LogP contribution in [0.15, 0.2) is 134 Å². The first-order valence-electron chi connectivity index (χ1n) is 12.6. The van der Waals surface area contributed by atoms with E-state index >= 15 is 0 Å². The minimum absolute atomic E-state index is 0.959. The van der Waals surface area contributed by atoms with E-state index in [1.807, 2.05) is 24.4 Å². The summed E-state index contributed by atoms with van der Waals surface area (Å²) in [4.78, 5) is 4.80. The maximum Gasteiger partial charge on any atom is 0.137 e. The van der Waals surface area contributed by atoms with E-state index < -0.39 is 0 Å². The van der Waals surface area contributed by atoms with Gasteiger partial charge in [-0.05, 0) is 72.4 Å². The summed E-state index contributed by atoms with van der Waals surface area (Å²) in [6.07, 6.45) is 4.13. The highest BCUT2D eigenvalue weighted by Gasteiger charge is 2.15. The quantitative estimate of drug-likeness (QED) is 0.230. The Hall–Kier alpha value is -4.95. The zero-order valence-corrected chi connectivity index (χ0v) is 20.1. The average Bonchev–Trinajstić information content (AvgIpc) is 3.41. The second-order valence-electron chi connectivity index (χ2n) is 9.65. The van der Waals surface area contributed by atoms with Crippen molar-refractivity contribution in [1.82, 2.24) is 9.38 Å². The van der Waals surface area contributed by atoms with E-state index in [9.17, 15) is 0 Å². The van der Waals surface area contributed by atoms with Crippen LogP contribution in [0.5, 0.6) is 0 Å². The molecule has 6 aromatic carbocycles. The number of imidazole rings is 1. The van der Waals surface area contributed by atoms with Crippen LogP contribution in [0.1, 0.15) is 0 Å². The minimum Gasteiger partial charge on any atom is -0.306 e. The largest absolute Gasteiger partial charge is 0.306 e. The molecule has 0 unspecified atom stereocenters. The van der Waals surface area contributed by atoms with Gasteiger partial charge in [0.2, 0.25) is 0 Å². The van der Waals surface area contributed by atoms with Crippen molar-refractivity contribution in [3.05, 3.63) is 134 Å². The summed E-state index contributed by atoms with van der Waals surface area (Å²) in [5, 5.41) is 10.4. The van der Waals surface area contributed by atoms with Gasteiger partial charge in [0.1, 0.15) is 5.65 Å². The Balaban J connectivity index is 1.40. The summed E-state index contributed by atoms with van der Waals surface area (Å²) in [5.74, 6) is 0. The van der Waals surface area contributed by atoms with E-state index in [1.165, 1.54) is 54.2 Å². The molecular weight excluding hydrogens is 448 g/mol. The Morgan fingerprint density at radius 2 is 1.00 bits per heavy atom. The third kappa shape index (κ3) is 3.03. The molecule has 0 N–H and O–H groups in total. The molecule has 0 fully saturated rings. The standard InChI is InChI=1S/C35H22N2/c1-2-11-27-25(9-1)26-10-3-5-13-29(26)35-30-14-6-4-12-28(30)31(21-32(27)35)23-16-18-24(19-17-23)33-22-37-20-8-7-15-34(37)36-33/h1-22H. The Kier molecular flexibility index (Phi) is 4.26. The molecule has 2 nitrogen and oxygen atoms in total. The maximum atomic E-state index is 4.80. The number of nitrogens with zero attached hydrogens (tertiary/aromatic N) is 2. The molecule has 2 heterocycles. The average molecular weight is 471 g/mol. The number of rotatable bonds is 2. The topological polar surface area (TPSA) is 17.3 Å². The van der Waals surface area contributed by atoms with E-state index in [0.717, 1.165) is 16.9 Å². The number of aromatic nitrogens is 2. The van der Waals surface area contributed by atoms with Gasteiger partial charge < -0.3 is 4.40 Å². The van der Waals surface area contributed by atoms with Crippen LogP contribution >= 0.6 is 0 Å². The molecule has 0 amide bonds. The van der Waals surface area contributed by atoms with Crippen molar-refractivity contribution < 1.29 is 0 Å². The zero-order chi connectivity index (χ0) is 24.3. The van der Waals surface area contributed by atoms with Gasteiger partial charge in [0.25, 0.3) is 0 Å². The highest BCUT2D eigenvalue weighted by Crippen LogP contribution is 2.42. The van der Waals surface area contributed by atoms with Gasteiger partial charge in [-0.2, -0.15) is 0 Å². The summed E-state index contributed by atoms with van der Waals surface area (Å²) in [5.41, 5.74) is 5.53. The molecule has 8 aromatic rings. The Labute approximate surface area is 214 Å². The second-order valence-corrected chi connectivity index (χ2v) is 9.65. The van der Waals surface area contributed by atoms with E-state index in [-0.39, 0.29) is 0 Å². The van der Waals surface area contributed by atoms with E-state index in [1.54, 1.807) is 0 Å². The van der Waals surface area contributed by atoms with Gasteiger partial charge in [0, 0.05) is 18.0 Å². The van der Waals surface area contributed by atoms with Crippen LogP contribution in [0.2, 0.25) is 0 Å². The number of fused-ring (bicyclic) bond motifs is 9. The highest BCUT2D eigenvalue weighted by atomic mass is 15.0. The summed E-state index contributed by atoms with van der Waals surface area (Å²) in [6, 6.07) is 43.7. The van der Waals surface area contributed by atoms with E-state index in [2.05, 4.69) is 114 Å². The van der Waals surface area contributed by atoms with Crippen LogP contribution < -0.4 is 0 Å². The smallest absolute Gasteiger partial charge is 0.137 e. The van der Waals surface area contributed by atoms with Crippen molar-refractivity contribution in [1.29, 1.82) is 0 Å². The van der Waals surface area contributed by atoms with E-state index in [4.69, 9.17) is 4.98 Å². The molecule has 8 rings (SSSR count). The molecule has 172 valence electrons. The van der Waals surface area contributed by atoms with Crippen molar-refractivity contribution >= 4 is 48.7 Å². The molecule has 2 aromatic heterocycles. The van der Waals surface area contributed by atoms with Crippen molar-refractivity contribution in [3.63, 3.8) is 0 Å². The monoisotopic (exact) mass is 470 g/mol. The molecule has 37 heavy (non-hydrogen) atoms. The SMILES string of the molecule is c1ccc2c(c1)c(-c1ccc(-c3cn4ccccc4n3)cc1)cc1c3ccccc3c3ccccc3c21. The van der Waals surface area contributed by atoms with Gasteiger partial charge in [0.15, 0.2) is 0 Å². The van der Waals surface area contributed by atoms with Crippen molar-refractivity contribution in [3.8, 4) is 22.4 Å². The fourth-order valence-corrected chi connectivity index (χ4v) is 5.90. The molecule has 0 aliphatic carbocycles. The Morgan fingerprint density at radius 1 is 0.459 bits per heavy atom. The fourth-order valence-electron chi connectivity index (χ4n) is 5.90. The van der Waals surface area contributed by atoms with Crippen LogP contribution in [0.25, 0.3) is 71.1 Å². The summed E-state index contributed by atoms with van der Waals surface area (Å²) in [7, 11) is 0. The van der Waals surface area contributed by atoms with Gasteiger partial charge in [-0.1, -0.05) is 103 Å². The molecule has 2 heteroatoms. The van der Waals surface area contributed by atoms with Gasteiger partial charge in [-0.15, -0.1) is 0 Å². The molecule has 0 aliphatic rings. The number of benzene rings is 6. The first-order chi connectivity index (χ1) is 18.3. The molecule has 0 radical (unpaired) electrons. The van der Waals surface area contributed by atoms with Crippen LogP contribution in [-0.2, 0) is 0 Å². The Morgan fingerprint density at radius 3 is 1.70 bits per heavy atom. The lowest BCUT2D eigenvalue weighted by Crippen LogP contribution is -1.88. The molecule has 0 spiro atoms. The highest BCUT2D eigenvalue weighted by molar-refractivity contribution is 6.32. The van der Waals surface area contributed by atoms with Crippen LogP contribution in [0.4, 0.5) is 0 Å². The van der Waals surface area contributed by atoms with Crippen molar-refractivity contribution in [2.45, 2.75) is 0 Å². The maximum absolute atomic E-state index is 4.80. The lowest BCUT2D eigenvalue weighted by atomic mass is 9.87. The van der Waals surface area contributed by atoms with Crippen molar-refractivity contribution in [2.75, 3.05) is 0 Å². The fraction of sp³-hybridized carbons (Fsp3) is 0. The van der Waals surface area contributed by atoms with E-state index in [0.29, 0.717) is 0 Å². The predicted molar refractivity (Wildman–Crippen MR) is 156 cm³/mol. The second kappa shape index (κ2) is 7.78. The number of hydrogen-bond acceptors (Lipinski definition) is 1. The number of hydrogen-bond donors (Lipinski definition) is 0. The van der Waals surface area contributed by atoms with Crippen LogP contribution in [-0.4, -0.2) is 9.38 Å². The van der Waals surface area contributed by atoms with Gasteiger partial charge in [-0.3, -0.25) is 0 Å². The van der Waals surface area contributed by atoms with Gasteiger partial charge >= 0.3 is 0 Å². The predicted octanol–water partition coefficient (Wildman–Crippen LogP) is 9.28. The third-order valence-corrected chi connectivity index (χ3v) is 7.60. The normalized spacial score (nSPS) is 11.8. The Bertz CT molecular complexity index is 2100. The lowest BCUT2D eigenvalue weighted by Gasteiger charge is -2.16. The lowest BCUT2D eigenvalue weighted by molar-refractivity contribution is 1.19. The third-order valence-electron chi connectivity index (χ3n) is 7.60. The zero-order valence-electron chi connectivity index (χ0n) is 20.1. The molecule has 0 bridgehead atoms. The van der Waals surface area contributed by atoms with Crippen molar-refractivity contribution in [2.24, 2.45) is 0 Å². The number of pyridine rings is 1. The first kappa shape index (κ1) is 20.3. The van der Waals surface area contributed by atoms with Gasteiger partial charge in [0.05, 0.1) is 5.69 Å². The minimum atomic E-state index is 0.959. The van der Waals surface area contributed by atoms with Crippen LogP contribution in [0.3, 0.4) is 0 Å². The molecule has 0 saturated carbocycles. The molecular formula is C35H22N2. The first-order valence-corrected chi connectivity index (χ1v) is 12.6. The molecule has 0 aliphatic heterocycles. The summed E-state index contributed by atoms with van der Waals surface area (Å²) in [6.45, 7) is 0. The molecule has 0 saturated heterocycles. The summed E-state index contributed by atoms with van der Waals surface area (Å²) >= 11 is 0. The van der Waals surface area contributed by atoms with Crippen LogP contribution in [0, 0.1) is 0 Å². The molecule has 0 atom stereocenters. The summed E-state index contributed by atoms with van der Waals surface area (Å²) < 4.78 is 2.06.